The Bertz CT molecular complexity index is 206. The second-order valence-corrected chi connectivity index (χ2v) is 3.55. The summed E-state index contributed by atoms with van der Waals surface area (Å²) < 4.78 is 0. The van der Waals surface area contributed by atoms with E-state index in [1.54, 1.807) is 0 Å². The van der Waals surface area contributed by atoms with Crippen LogP contribution in [0.1, 0.15) is 32.1 Å². The van der Waals surface area contributed by atoms with Crippen LogP contribution in [0.25, 0.3) is 0 Å². The van der Waals surface area contributed by atoms with Gasteiger partial charge in [-0.15, -0.1) is 12.4 Å². The fourth-order valence-corrected chi connectivity index (χ4v) is 1.73. The molecule has 4 heteroatoms. The van der Waals surface area contributed by atoms with Gasteiger partial charge in [-0.25, -0.2) is 0 Å². The van der Waals surface area contributed by atoms with E-state index in [-0.39, 0.29) is 18.3 Å². The van der Waals surface area contributed by atoms with Gasteiger partial charge in [0.15, 0.2) is 0 Å². The molecule has 0 saturated heterocycles. The quantitative estimate of drug-likeness (QED) is 0.714. The van der Waals surface area contributed by atoms with Gasteiger partial charge in [-0.1, -0.05) is 11.6 Å². The van der Waals surface area contributed by atoms with Crippen molar-refractivity contribution in [2.24, 2.45) is 11.7 Å². The molecule has 1 rings (SSSR count). The summed E-state index contributed by atoms with van der Waals surface area (Å²) in [7, 11) is 0. The fraction of sp³-hybridized carbons (Fsp3) is 0.700. The van der Waals surface area contributed by atoms with Crippen LogP contribution in [0.3, 0.4) is 0 Å². The van der Waals surface area contributed by atoms with E-state index in [2.05, 4.69) is 6.08 Å². The van der Waals surface area contributed by atoms with E-state index in [0.29, 0.717) is 6.54 Å². The van der Waals surface area contributed by atoms with Crippen LogP contribution in [0.4, 0.5) is 0 Å². The van der Waals surface area contributed by atoms with Crippen molar-refractivity contribution in [1.82, 2.24) is 0 Å². The van der Waals surface area contributed by atoms with Crippen molar-refractivity contribution in [3.63, 3.8) is 0 Å². The fourth-order valence-electron chi connectivity index (χ4n) is 1.73. The summed E-state index contributed by atoms with van der Waals surface area (Å²) in [4.78, 5) is 10.6. The Morgan fingerprint density at radius 2 is 2.07 bits per heavy atom. The minimum Gasteiger partial charge on any atom is -0.481 e. The van der Waals surface area contributed by atoms with E-state index in [1.165, 1.54) is 5.57 Å². The largest absolute Gasteiger partial charge is 0.481 e. The van der Waals surface area contributed by atoms with E-state index in [1.807, 2.05) is 0 Å². The van der Waals surface area contributed by atoms with Crippen LogP contribution in [0.2, 0.25) is 0 Å². The lowest BCUT2D eigenvalue weighted by atomic mass is 9.85. The predicted molar refractivity (Wildman–Crippen MR) is 58.6 cm³/mol. The van der Waals surface area contributed by atoms with E-state index in [4.69, 9.17) is 10.8 Å². The zero-order valence-corrected chi connectivity index (χ0v) is 9.05. The van der Waals surface area contributed by atoms with E-state index in [0.717, 1.165) is 32.1 Å². The Hall–Kier alpha value is -0.540. The second-order valence-electron chi connectivity index (χ2n) is 3.55. The molecule has 1 aliphatic carbocycles. The van der Waals surface area contributed by atoms with Crippen LogP contribution in [0.15, 0.2) is 11.6 Å². The molecular formula is C10H18ClNO2. The molecule has 3 nitrogen and oxygen atoms in total. The SMILES string of the molecule is Cl.NCCC=C1CCC(C(=O)O)CC1. The maximum Gasteiger partial charge on any atom is 0.306 e. The Morgan fingerprint density at radius 1 is 1.50 bits per heavy atom. The summed E-state index contributed by atoms with van der Waals surface area (Å²) in [6.07, 6.45) is 6.57. The molecule has 0 aromatic rings. The average Bonchev–Trinajstić information content (AvgIpc) is 2.15. The zero-order valence-electron chi connectivity index (χ0n) is 8.24. The lowest BCUT2D eigenvalue weighted by Gasteiger charge is -2.20. The molecule has 0 aromatic carbocycles. The molecule has 0 aromatic heterocycles. The van der Waals surface area contributed by atoms with Gasteiger partial charge in [0.2, 0.25) is 0 Å². The number of hydrogen-bond donors (Lipinski definition) is 2. The van der Waals surface area contributed by atoms with Crippen LogP contribution >= 0.6 is 12.4 Å². The number of rotatable bonds is 3. The molecule has 3 N–H and O–H groups in total. The maximum absolute atomic E-state index is 10.6. The third kappa shape index (κ3) is 4.11. The van der Waals surface area contributed by atoms with Gasteiger partial charge in [0.05, 0.1) is 5.92 Å². The van der Waals surface area contributed by atoms with Gasteiger partial charge in [-0.05, 0) is 38.6 Å². The monoisotopic (exact) mass is 219 g/mol. The minimum absolute atomic E-state index is 0. The van der Waals surface area contributed by atoms with E-state index in [9.17, 15) is 4.79 Å². The molecule has 0 atom stereocenters. The number of carboxylic acid groups (broad SMARTS) is 1. The highest BCUT2D eigenvalue weighted by molar-refractivity contribution is 5.85. The van der Waals surface area contributed by atoms with E-state index >= 15 is 0 Å². The summed E-state index contributed by atoms with van der Waals surface area (Å²) in [6, 6.07) is 0. The van der Waals surface area contributed by atoms with Gasteiger partial charge in [0, 0.05) is 0 Å². The molecule has 0 radical (unpaired) electrons. The molecule has 0 heterocycles. The molecule has 1 aliphatic rings. The highest BCUT2D eigenvalue weighted by Gasteiger charge is 2.21. The first-order chi connectivity index (χ1) is 6.24. The molecule has 0 amide bonds. The lowest BCUT2D eigenvalue weighted by molar-refractivity contribution is -0.142. The molecule has 0 bridgehead atoms. The zero-order chi connectivity index (χ0) is 9.68. The Balaban J connectivity index is 0.00000169. The smallest absolute Gasteiger partial charge is 0.306 e. The number of carboxylic acids is 1. The van der Waals surface area contributed by atoms with Crippen molar-refractivity contribution < 1.29 is 9.90 Å². The standard InChI is InChI=1S/C10H17NO2.ClH/c11-7-1-2-8-3-5-9(6-4-8)10(12)13;/h2,9H,1,3-7,11H2,(H,12,13);1H. The van der Waals surface area contributed by atoms with Crippen LogP contribution in [0, 0.1) is 5.92 Å². The average molecular weight is 220 g/mol. The summed E-state index contributed by atoms with van der Waals surface area (Å²) in [5, 5.41) is 8.76. The number of aliphatic carboxylic acids is 1. The van der Waals surface area contributed by atoms with Gasteiger partial charge < -0.3 is 10.8 Å². The normalized spacial score (nSPS) is 21.2. The van der Waals surface area contributed by atoms with Gasteiger partial charge in [0.1, 0.15) is 0 Å². The highest BCUT2D eigenvalue weighted by atomic mass is 35.5. The first-order valence-electron chi connectivity index (χ1n) is 4.85. The summed E-state index contributed by atoms with van der Waals surface area (Å²) in [6.45, 7) is 0.686. The molecule has 14 heavy (non-hydrogen) atoms. The van der Waals surface area contributed by atoms with Crippen LogP contribution in [-0.4, -0.2) is 17.6 Å². The van der Waals surface area contributed by atoms with Crippen molar-refractivity contribution in [2.75, 3.05) is 6.54 Å². The van der Waals surface area contributed by atoms with Crippen molar-refractivity contribution in [2.45, 2.75) is 32.1 Å². The number of hydrogen-bond acceptors (Lipinski definition) is 2. The van der Waals surface area contributed by atoms with Crippen LogP contribution in [-0.2, 0) is 4.79 Å². The molecular weight excluding hydrogens is 202 g/mol. The first kappa shape index (κ1) is 13.5. The summed E-state index contributed by atoms with van der Waals surface area (Å²) >= 11 is 0. The molecule has 82 valence electrons. The van der Waals surface area contributed by atoms with Crippen molar-refractivity contribution >= 4 is 18.4 Å². The van der Waals surface area contributed by atoms with Gasteiger partial charge in [-0.3, -0.25) is 4.79 Å². The number of nitrogens with two attached hydrogens (primary N) is 1. The summed E-state index contributed by atoms with van der Waals surface area (Å²) in [5.41, 5.74) is 6.77. The van der Waals surface area contributed by atoms with Crippen molar-refractivity contribution in [3.8, 4) is 0 Å². The number of halogens is 1. The predicted octanol–water partition coefficient (Wildman–Crippen LogP) is 1.96. The molecule has 0 spiro atoms. The van der Waals surface area contributed by atoms with Gasteiger partial charge >= 0.3 is 5.97 Å². The number of allylic oxidation sites excluding steroid dienone is 1. The Morgan fingerprint density at radius 3 is 2.50 bits per heavy atom. The molecule has 0 aliphatic heterocycles. The topological polar surface area (TPSA) is 63.3 Å². The third-order valence-electron chi connectivity index (χ3n) is 2.58. The van der Waals surface area contributed by atoms with Gasteiger partial charge in [-0.2, -0.15) is 0 Å². The second kappa shape index (κ2) is 6.85. The Kier molecular flexibility index (Phi) is 6.58. The number of carbonyl (C=O) groups is 1. The van der Waals surface area contributed by atoms with Crippen LogP contribution in [0.5, 0.6) is 0 Å². The maximum atomic E-state index is 10.6. The van der Waals surface area contributed by atoms with Crippen molar-refractivity contribution in [3.05, 3.63) is 11.6 Å². The first-order valence-corrected chi connectivity index (χ1v) is 4.85. The lowest BCUT2D eigenvalue weighted by Crippen LogP contribution is -2.17. The third-order valence-corrected chi connectivity index (χ3v) is 2.58. The van der Waals surface area contributed by atoms with E-state index < -0.39 is 5.97 Å². The molecule has 1 fully saturated rings. The highest BCUT2D eigenvalue weighted by Crippen LogP contribution is 2.28. The Labute approximate surface area is 90.8 Å². The van der Waals surface area contributed by atoms with Gasteiger partial charge in [0.25, 0.3) is 0 Å². The molecule has 1 saturated carbocycles. The van der Waals surface area contributed by atoms with Crippen LogP contribution < -0.4 is 5.73 Å². The minimum atomic E-state index is -0.641. The molecule has 0 unspecified atom stereocenters. The summed E-state index contributed by atoms with van der Waals surface area (Å²) in [5.74, 6) is -0.757. The van der Waals surface area contributed by atoms with Crippen molar-refractivity contribution in [1.29, 1.82) is 0 Å².